The summed E-state index contributed by atoms with van der Waals surface area (Å²) in [6.07, 6.45) is 1.97. The molecule has 0 heterocycles. The predicted molar refractivity (Wildman–Crippen MR) is 80.5 cm³/mol. The highest BCUT2D eigenvalue weighted by molar-refractivity contribution is 7.98. The highest BCUT2D eigenvalue weighted by Crippen LogP contribution is 2.28. The number of anilines is 1. The number of hydrogen-bond acceptors (Lipinski definition) is 5. The molecule has 0 atom stereocenters. The van der Waals surface area contributed by atoms with Crippen LogP contribution in [0, 0.1) is 0 Å². The van der Waals surface area contributed by atoms with E-state index in [4.69, 9.17) is 15.7 Å². The third-order valence-electron chi connectivity index (χ3n) is 2.77. The summed E-state index contributed by atoms with van der Waals surface area (Å²) in [7, 11) is 1.96. The molecule has 0 aliphatic heterocycles. The molecule has 1 rings (SSSR count). The Morgan fingerprint density at radius 1 is 1.53 bits per heavy atom. The number of rotatable bonds is 7. The average molecular weight is 283 g/mol. The second-order valence-electron chi connectivity index (χ2n) is 3.96. The molecule has 6 heteroatoms. The van der Waals surface area contributed by atoms with Crippen molar-refractivity contribution < 1.29 is 9.94 Å². The smallest absolute Gasteiger partial charge is 0.173 e. The standard InChI is InChI=1S/C13H21N3O2S/c1-4-18-9-8-16(2)10-6-5-7-11(19-3)12(10)13(14)15-17/h5-7,17H,4,8-9H2,1-3H3,(H2,14,15). The van der Waals surface area contributed by atoms with Gasteiger partial charge in [-0.15, -0.1) is 11.8 Å². The van der Waals surface area contributed by atoms with Crippen LogP contribution in [0.5, 0.6) is 0 Å². The molecule has 1 aromatic rings. The van der Waals surface area contributed by atoms with Crippen LogP contribution in [0.2, 0.25) is 0 Å². The topological polar surface area (TPSA) is 71.1 Å². The van der Waals surface area contributed by atoms with Crippen molar-refractivity contribution >= 4 is 23.3 Å². The Morgan fingerprint density at radius 2 is 2.26 bits per heavy atom. The van der Waals surface area contributed by atoms with Gasteiger partial charge in [-0.3, -0.25) is 0 Å². The van der Waals surface area contributed by atoms with Crippen LogP contribution in [0.15, 0.2) is 28.3 Å². The van der Waals surface area contributed by atoms with E-state index in [1.54, 1.807) is 11.8 Å². The molecule has 0 aliphatic carbocycles. The van der Waals surface area contributed by atoms with Crippen molar-refractivity contribution in [1.29, 1.82) is 0 Å². The summed E-state index contributed by atoms with van der Waals surface area (Å²) in [6, 6.07) is 5.88. The van der Waals surface area contributed by atoms with E-state index in [1.807, 2.05) is 43.3 Å². The van der Waals surface area contributed by atoms with Crippen LogP contribution in [-0.4, -0.2) is 44.1 Å². The molecule has 0 aromatic heterocycles. The first-order valence-corrected chi connectivity index (χ1v) is 7.31. The van der Waals surface area contributed by atoms with Crippen molar-refractivity contribution in [3.05, 3.63) is 23.8 Å². The minimum Gasteiger partial charge on any atom is -0.409 e. The third-order valence-corrected chi connectivity index (χ3v) is 3.55. The van der Waals surface area contributed by atoms with Crippen LogP contribution in [0.3, 0.4) is 0 Å². The summed E-state index contributed by atoms with van der Waals surface area (Å²) in [5.74, 6) is 0.128. The number of benzene rings is 1. The molecule has 0 saturated heterocycles. The number of nitrogens with two attached hydrogens (primary N) is 1. The van der Waals surface area contributed by atoms with Gasteiger partial charge in [0.25, 0.3) is 0 Å². The second kappa shape index (κ2) is 7.91. The first-order chi connectivity index (χ1) is 9.15. The largest absolute Gasteiger partial charge is 0.409 e. The van der Waals surface area contributed by atoms with E-state index in [1.165, 1.54) is 0 Å². The van der Waals surface area contributed by atoms with Crippen molar-refractivity contribution in [3.63, 3.8) is 0 Å². The van der Waals surface area contributed by atoms with Gasteiger partial charge in [-0.1, -0.05) is 11.2 Å². The molecule has 106 valence electrons. The zero-order valence-corrected chi connectivity index (χ0v) is 12.4. The van der Waals surface area contributed by atoms with Crippen LogP contribution < -0.4 is 10.6 Å². The lowest BCUT2D eigenvalue weighted by Gasteiger charge is -2.23. The molecular weight excluding hydrogens is 262 g/mol. The average Bonchev–Trinajstić information content (AvgIpc) is 2.45. The zero-order valence-electron chi connectivity index (χ0n) is 11.6. The van der Waals surface area contributed by atoms with Gasteiger partial charge < -0.3 is 20.6 Å². The fraction of sp³-hybridized carbons (Fsp3) is 0.462. The van der Waals surface area contributed by atoms with Crippen molar-refractivity contribution in [1.82, 2.24) is 0 Å². The van der Waals surface area contributed by atoms with E-state index in [0.717, 1.165) is 22.7 Å². The Kier molecular flexibility index (Phi) is 6.52. The quantitative estimate of drug-likeness (QED) is 0.200. The fourth-order valence-electron chi connectivity index (χ4n) is 1.78. The van der Waals surface area contributed by atoms with Gasteiger partial charge >= 0.3 is 0 Å². The highest BCUT2D eigenvalue weighted by atomic mass is 32.2. The van der Waals surface area contributed by atoms with E-state index in [2.05, 4.69) is 5.16 Å². The van der Waals surface area contributed by atoms with Crippen molar-refractivity contribution in [2.75, 3.05) is 38.0 Å². The molecule has 0 saturated carbocycles. The molecule has 0 spiro atoms. The first-order valence-electron chi connectivity index (χ1n) is 6.09. The number of nitrogens with zero attached hydrogens (tertiary/aromatic N) is 2. The summed E-state index contributed by atoms with van der Waals surface area (Å²) < 4.78 is 5.35. The Labute approximate surface area is 118 Å². The van der Waals surface area contributed by atoms with Crippen LogP contribution >= 0.6 is 11.8 Å². The predicted octanol–water partition coefficient (Wildman–Crippen LogP) is 1.98. The molecule has 1 aromatic carbocycles. The molecule has 0 radical (unpaired) electrons. The van der Waals surface area contributed by atoms with Crippen LogP contribution in [-0.2, 0) is 4.74 Å². The van der Waals surface area contributed by atoms with Crippen LogP contribution in [0.4, 0.5) is 5.69 Å². The molecule has 0 bridgehead atoms. The fourth-order valence-corrected chi connectivity index (χ4v) is 2.41. The van der Waals surface area contributed by atoms with Crippen LogP contribution in [0.1, 0.15) is 12.5 Å². The van der Waals surface area contributed by atoms with E-state index in [9.17, 15) is 0 Å². The highest BCUT2D eigenvalue weighted by Gasteiger charge is 2.15. The maximum absolute atomic E-state index is 8.94. The number of oxime groups is 1. The molecule has 0 unspecified atom stereocenters. The van der Waals surface area contributed by atoms with E-state index in [-0.39, 0.29) is 5.84 Å². The lowest BCUT2D eigenvalue weighted by molar-refractivity contribution is 0.154. The summed E-state index contributed by atoms with van der Waals surface area (Å²) in [5.41, 5.74) is 7.49. The molecule has 3 N–H and O–H groups in total. The molecule has 19 heavy (non-hydrogen) atoms. The zero-order chi connectivity index (χ0) is 14.3. The SMILES string of the molecule is CCOCCN(C)c1cccc(SC)c1/C(N)=N/O. The monoisotopic (exact) mass is 283 g/mol. The number of thioether (sulfide) groups is 1. The number of hydrogen-bond donors (Lipinski definition) is 2. The molecule has 5 nitrogen and oxygen atoms in total. The Morgan fingerprint density at radius 3 is 2.84 bits per heavy atom. The first kappa shape index (κ1) is 15.7. The third kappa shape index (κ3) is 4.04. The minimum absolute atomic E-state index is 0.128. The molecule has 0 amide bonds. The lowest BCUT2D eigenvalue weighted by Crippen LogP contribution is -2.26. The lowest BCUT2D eigenvalue weighted by atomic mass is 10.1. The normalized spacial score (nSPS) is 11.6. The van der Waals surface area contributed by atoms with Crippen molar-refractivity contribution in [2.24, 2.45) is 10.9 Å². The van der Waals surface area contributed by atoms with Crippen molar-refractivity contribution in [3.8, 4) is 0 Å². The molecular formula is C13H21N3O2S. The van der Waals surface area contributed by atoms with Gasteiger partial charge in [0.15, 0.2) is 5.84 Å². The molecule has 0 aliphatic rings. The number of ether oxygens (including phenoxy) is 1. The Bertz CT molecular complexity index is 438. The van der Waals surface area contributed by atoms with E-state index < -0.39 is 0 Å². The van der Waals surface area contributed by atoms with Gasteiger partial charge in [0.05, 0.1) is 12.2 Å². The van der Waals surface area contributed by atoms with E-state index in [0.29, 0.717) is 13.2 Å². The van der Waals surface area contributed by atoms with Gasteiger partial charge in [-0.2, -0.15) is 0 Å². The van der Waals surface area contributed by atoms with E-state index >= 15 is 0 Å². The van der Waals surface area contributed by atoms with Gasteiger partial charge in [0, 0.05) is 30.8 Å². The summed E-state index contributed by atoms with van der Waals surface area (Å²) in [5, 5.41) is 12.1. The second-order valence-corrected chi connectivity index (χ2v) is 4.81. The maximum Gasteiger partial charge on any atom is 0.173 e. The summed E-state index contributed by atoms with van der Waals surface area (Å²) >= 11 is 1.57. The summed E-state index contributed by atoms with van der Waals surface area (Å²) in [4.78, 5) is 3.03. The minimum atomic E-state index is 0.128. The Balaban J connectivity index is 3.05. The number of amidine groups is 1. The maximum atomic E-state index is 8.94. The van der Waals surface area contributed by atoms with Gasteiger partial charge in [0.1, 0.15) is 0 Å². The van der Waals surface area contributed by atoms with Gasteiger partial charge in [-0.25, -0.2) is 0 Å². The number of likely N-dealkylation sites (N-methyl/N-ethyl adjacent to an activating group) is 1. The Hall–Kier alpha value is -1.40. The summed E-state index contributed by atoms with van der Waals surface area (Å²) in [6.45, 7) is 4.06. The van der Waals surface area contributed by atoms with Gasteiger partial charge in [0.2, 0.25) is 0 Å². The van der Waals surface area contributed by atoms with Crippen molar-refractivity contribution in [2.45, 2.75) is 11.8 Å². The van der Waals surface area contributed by atoms with Gasteiger partial charge in [-0.05, 0) is 25.3 Å². The molecule has 0 fully saturated rings. The van der Waals surface area contributed by atoms with Crippen LogP contribution in [0.25, 0.3) is 0 Å².